The number of non-ortho nitro benzene ring substituents is 1. The number of hydrogen-bond acceptors (Lipinski definition) is 6. The molecule has 0 radical (unpaired) electrons. The van der Waals surface area contributed by atoms with Crippen molar-refractivity contribution < 1.29 is 24.0 Å². The van der Waals surface area contributed by atoms with Crippen LogP contribution in [0.4, 0.5) is 11.4 Å². The van der Waals surface area contributed by atoms with Crippen LogP contribution in [0.15, 0.2) is 18.2 Å². The summed E-state index contributed by atoms with van der Waals surface area (Å²) in [6.07, 6.45) is -0.0992. The van der Waals surface area contributed by atoms with Crippen LogP contribution in [0, 0.1) is 22.0 Å². The molecule has 0 aliphatic carbocycles. The lowest BCUT2D eigenvalue weighted by molar-refractivity contribution is -0.384. The van der Waals surface area contributed by atoms with Gasteiger partial charge in [-0.1, -0.05) is 27.7 Å². The second kappa shape index (κ2) is 8.37. The summed E-state index contributed by atoms with van der Waals surface area (Å²) in [6.45, 7) is 9.55. The summed E-state index contributed by atoms with van der Waals surface area (Å²) in [5, 5.41) is 11.1. The molecule has 2 unspecified atom stereocenters. The van der Waals surface area contributed by atoms with E-state index in [4.69, 9.17) is 9.47 Å². The van der Waals surface area contributed by atoms with Gasteiger partial charge < -0.3 is 9.47 Å². The molecule has 2 atom stereocenters. The van der Waals surface area contributed by atoms with Crippen molar-refractivity contribution in [3.05, 3.63) is 28.3 Å². The van der Waals surface area contributed by atoms with Crippen molar-refractivity contribution in [1.29, 1.82) is 0 Å². The zero-order valence-corrected chi connectivity index (χ0v) is 16.3. The average molecular weight is 378 g/mol. The van der Waals surface area contributed by atoms with Gasteiger partial charge in [-0.05, 0) is 31.2 Å². The Morgan fingerprint density at radius 2 is 1.96 bits per heavy atom. The van der Waals surface area contributed by atoms with E-state index in [1.165, 1.54) is 23.1 Å². The SMILES string of the molecule is CC(C)CCOC(=O)C(C)N1C(=O)C(C(C)C)Oc2cc([N+](=O)[O-])ccc21. The van der Waals surface area contributed by atoms with Gasteiger partial charge in [-0.15, -0.1) is 0 Å². The molecule has 2 rings (SSSR count). The third-order valence-corrected chi connectivity index (χ3v) is 4.42. The minimum atomic E-state index is -0.866. The molecule has 1 aromatic carbocycles. The van der Waals surface area contributed by atoms with Gasteiger partial charge in [0.05, 0.1) is 23.3 Å². The Bertz CT molecular complexity index is 731. The first-order chi connectivity index (χ1) is 12.6. The van der Waals surface area contributed by atoms with Crippen LogP contribution in [0.5, 0.6) is 5.75 Å². The van der Waals surface area contributed by atoms with Gasteiger partial charge in [-0.25, -0.2) is 4.79 Å². The number of amides is 1. The Morgan fingerprint density at radius 1 is 1.30 bits per heavy atom. The molecule has 8 heteroatoms. The quantitative estimate of drug-likeness (QED) is 0.410. The van der Waals surface area contributed by atoms with E-state index < -0.39 is 23.0 Å². The normalized spacial score (nSPS) is 17.5. The summed E-state index contributed by atoms with van der Waals surface area (Å²) >= 11 is 0. The van der Waals surface area contributed by atoms with Crippen LogP contribution in [0.25, 0.3) is 0 Å². The van der Waals surface area contributed by atoms with Gasteiger partial charge in [-0.3, -0.25) is 19.8 Å². The van der Waals surface area contributed by atoms with E-state index in [-0.39, 0.29) is 29.9 Å². The molecule has 1 aromatic rings. The van der Waals surface area contributed by atoms with E-state index >= 15 is 0 Å². The summed E-state index contributed by atoms with van der Waals surface area (Å²) < 4.78 is 11.0. The van der Waals surface area contributed by atoms with Gasteiger partial charge in [-0.2, -0.15) is 0 Å². The maximum absolute atomic E-state index is 12.9. The number of carbonyl (C=O) groups is 2. The van der Waals surface area contributed by atoms with Gasteiger partial charge in [0.25, 0.3) is 11.6 Å². The molecule has 0 bridgehead atoms. The lowest BCUT2D eigenvalue weighted by Gasteiger charge is -2.38. The third kappa shape index (κ3) is 4.56. The number of fused-ring (bicyclic) bond motifs is 1. The number of hydrogen-bond donors (Lipinski definition) is 0. The maximum atomic E-state index is 12.9. The first-order valence-corrected chi connectivity index (χ1v) is 9.08. The van der Waals surface area contributed by atoms with Crippen LogP contribution in [-0.2, 0) is 14.3 Å². The smallest absolute Gasteiger partial charge is 0.328 e. The second-order valence-electron chi connectivity index (χ2n) is 7.43. The Morgan fingerprint density at radius 3 is 2.52 bits per heavy atom. The van der Waals surface area contributed by atoms with Crippen LogP contribution in [0.1, 0.15) is 41.0 Å². The molecule has 0 spiro atoms. The van der Waals surface area contributed by atoms with E-state index in [1.54, 1.807) is 6.92 Å². The van der Waals surface area contributed by atoms with Crippen molar-refractivity contribution in [1.82, 2.24) is 0 Å². The fourth-order valence-corrected chi connectivity index (χ4v) is 2.79. The molecule has 0 saturated heterocycles. The zero-order valence-electron chi connectivity index (χ0n) is 16.3. The maximum Gasteiger partial charge on any atom is 0.328 e. The van der Waals surface area contributed by atoms with Crippen molar-refractivity contribution in [2.45, 2.75) is 53.2 Å². The van der Waals surface area contributed by atoms with Gasteiger partial charge in [0, 0.05) is 6.07 Å². The topological polar surface area (TPSA) is 99.0 Å². The summed E-state index contributed by atoms with van der Waals surface area (Å²) in [6, 6.07) is 3.13. The van der Waals surface area contributed by atoms with E-state index in [0.29, 0.717) is 11.6 Å². The van der Waals surface area contributed by atoms with Crippen molar-refractivity contribution in [2.24, 2.45) is 11.8 Å². The van der Waals surface area contributed by atoms with Crippen molar-refractivity contribution in [3.8, 4) is 5.75 Å². The Hall–Kier alpha value is -2.64. The molecule has 0 aromatic heterocycles. The largest absolute Gasteiger partial charge is 0.478 e. The fourth-order valence-electron chi connectivity index (χ4n) is 2.79. The van der Waals surface area contributed by atoms with E-state index in [9.17, 15) is 19.7 Å². The highest BCUT2D eigenvalue weighted by Crippen LogP contribution is 2.39. The number of nitrogens with zero attached hydrogens (tertiary/aromatic N) is 2. The Labute approximate surface area is 158 Å². The van der Waals surface area contributed by atoms with Gasteiger partial charge >= 0.3 is 5.97 Å². The molecule has 1 aliphatic rings. The summed E-state index contributed by atoms with van der Waals surface area (Å²) in [5.74, 6) is -0.442. The summed E-state index contributed by atoms with van der Waals surface area (Å²) in [5.41, 5.74) is 0.188. The van der Waals surface area contributed by atoms with Crippen LogP contribution >= 0.6 is 0 Å². The highest BCUT2D eigenvalue weighted by Gasteiger charge is 2.41. The fraction of sp³-hybridized carbons (Fsp3) is 0.579. The molecule has 0 N–H and O–H groups in total. The molecular weight excluding hydrogens is 352 g/mol. The minimum absolute atomic E-state index is 0.141. The number of nitro groups is 1. The van der Waals surface area contributed by atoms with E-state index in [2.05, 4.69) is 0 Å². The molecule has 0 fully saturated rings. The molecule has 27 heavy (non-hydrogen) atoms. The first-order valence-electron chi connectivity index (χ1n) is 9.08. The lowest BCUT2D eigenvalue weighted by Crippen LogP contribution is -2.54. The molecular formula is C19H26N2O6. The molecule has 1 heterocycles. The van der Waals surface area contributed by atoms with Crippen LogP contribution < -0.4 is 9.64 Å². The molecule has 1 aliphatic heterocycles. The van der Waals surface area contributed by atoms with Crippen LogP contribution in [-0.4, -0.2) is 35.6 Å². The number of anilines is 1. The number of nitro benzene ring substituents is 1. The minimum Gasteiger partial charge on any atom is -0.478 e. The van der Waals surface area contributed by atoms with Crippen molar-refractivity contribution in [3.63, 3.8) is 0 Å². The van der Waals surface area contributed by atoms with Crippen LogP contribution in [0.2, 0.25) is 0 Å². The van der Waals surface area contributed by atoms with Gasteiger partial charge in [0.15, 0.2) is 11.9 Å². The van der Waals surface area contributed by atoms with Crippen molar-refractivity contribution in [2.75, 3.05) is 11.5 Å². The highest BCUT2D eigenvalue weighted by molar-refractivity contribution is 6.04. The first kappa shape index (κ1) is 20.7. The molecule has 1 amide bonds. The number of benzene rings is 1. The monoisotopic (exact) mass is 378 g/mol. The zero-order chi connectivity index (χ0) is 20.3. The third-order valence-electron chi connectivity index (χ3n) is 4.42. The number of rotatable bonds is 7. The van der Waals surface area contributed by atoms with E-state index in [1.807, 2.05) is 27.7 Å². The summed E-state index contributed by atoms with van der Waals surface area (Å²) in [7, 11) is 0. The standard InChI is InChI=1S/C19H26N2O6/c1-11(2)8-9-26-19(23)13(5)20-15-7-6-14(21(24)25)10-16(15)27-17(12(3)4)18(20)22/h6-7,10-13,17H,8-9H2,1-5H3. The highest BCUT2D eigenvalue weighted by atomic mass is 16.6. The molecule has 0 saturated carbocycles. The predicted octanol–water partition coefficient (Wildman–Crippen LogP) is 3.32. The number of carbonyl (C=O) groups excluding carboxylic acids is 2. The lowest BCUT2D eigenvalue weighted by atomic mass is 10.0. The van der Waals surface area contributed by atoms with Crippen LogP contribution in [0.3, 0.4) is 0 Å². The van der Waals surface area contributed by atoms with Gasteiger partial charge in [0.2, 0.25) is 0 Å². The van der Waals surface area contributed by atoms with Crippen molar-refractivity contribution >= 4 is 23.3 Å². The predicted molar refractivity (Wildman–Crippen MR) is 99.7 cm³/mol. The second-order valence-corrected chi connectivity index (χ2v) is 7.43. The number of ether oxygens (including phenoxy) is 2. The van der Waals surface area contributed by atoms with E-state index in [0.717, 1.165) is 6.42 Å². The molecule has 8 nitrogen and oxygen atoms in total. The summed E-state index contributed by atoms with van der Waals surface area (Å²) in [4.78, 5) is 37.3. The Kier molecular flexibility index (Phi) is 6.41. The average Bonchev–Trinajstić information content (AvgIpc) is 2.59. The van der Waals surface area contributed by atoms with Gasteiger partial charge in [0.1, 0.15) is 6.04 Å². The number of esters is 1. The molecule has 148 valence electrons. The Balaban J connectivity index is 2.34.